The lowest BCUT2D eigenvalue weighted by Gasteiger charge is -2.32. The van der Waals surface area contributed by atoms with Crippen LogP contribution in [-0.4, -0.2) is 4.57 Å². The van der Waals surface area contributed by atoms with Gasteiger partial charge < -0.3 is 13.9 Å². The molecule has 0 atom stereocenters. The van der Waals surface area contributed by atoms with Crippen LogP contribution in [0.15, 0.2) is 205 Å². The van der Waals surface area contributed by atoms with Gasteiger partial charge in [0.25, 0.3) is 0 Å². The van der Waals surface area contributed by atoms with Crippen LogP contribution >= 0.6 is 0 Å². The fourth-order valence-corrected chi connectivity index (χ4v) is 10.5. The summed E-state index contributed by atoms with van der Waals surface area (Å²) in [5, 5.41) is 4.43. The molecule has 4 heteroatoms. The van der Waals surface area contributed by atoms with Crippen LogP contribution in [0.3, 0.4) is 0 Å². The predicted octanol–water partition coefficient (Wildman–Crippen LogP) is 14.6. The number of halogens is 1. The lowest BCUT2D eigenvalue weighted by molar-refractivity contribution is 0.627. The molecular weight excluding hydrogens is 724 g/mol. The molecule has 0 bridgehead atoms. The highest BCUT2D eigenvalue weighted by Crippen LogP contribution is 2.63. The maximum atomic E-state index is 14.2. The van der Waals surface area contributed by atoms with E-state index < -0.39 is 5.41 Å². The van der Waals surface area contributed by atoms with Gasteiger partial charge in [-0.05, 0) is 123 Å². The van der Waals surface area contributed by atoms with E-state index in [-0.39, 0.29) is 5.82 Å². The van der Waals surface area contributed by atoms with Crippen molar-refractivity contribution in [3.8, 4) is 27.9 Å². The van der Waals surface area contributed by atoms with Gasteiger partial charge in [-0.15, -0.1) is 0 Å². The first-order valence-corrected chi connectivity index (χ1v) is 20.1. The summed E-state index contributed by atoms with van der Waals surface area (Å²) in [5.74, 6) is -0.252. The Morgan fingerprint density at radius 2 is 0.915 bits per heavy atom. The average molecular weight is 757 g/mol. The predicted molar refractivity (Wildman–Crippen MR) is 239 cm³/mol. The monoisotopic (exact) mass is 756 g/mol. The van der Waals surface area contributed by atoms with Gasteiger partial charge in [-0.3, -0.25) is 0 Å². The Balaban J connectivity index is 1.09. The molecule has 13 rings (SSSR count). The molecule has 0 unspecified atom stereocenters. The number of hydrogen-bond acceptors (Lipinski definition) is 2. The number of nitrogens with zero attached hydrogens (tertiary/aromatic N) is 2. The standard InChI is InChI=1S/C55H33FN2O/c56-34-21-23-35(24-22-34)58-51-19-9-4-14-43(51)46-31-36(27-30-52(46)58)57(38-26-29-45-44-15-5-10-20-53(44)59-54(45)33-38)37-25-28-42-41-13-3-8-18-49(41)55(50(42)32-37)47-16-6-1-11-39(47)40-12-2-7-17-48(40)55/h1-33H. The Hall–Kier alpha value is -7.69. The SMILES string of the molecule is Fc1ccc(-n2c3ccccc3c3cc(N(c4ccc5c(c4)C4(c6ccccc6-c6ccccc64)c4ccccc4-5)c4ccc5c(c4)oc4ccccc45)ccc32)cc1. The molecule has 2 aromatic heterocycles. The summed E-state index contributed by atoms with van der Waals surface area (Å²) >= 11 is 0. The minimum absolute atomic E-state index is 0.252. The van der Waals surface area contributed by atoms with E-state index in [9.17, 15) is 4.39 Å². The van der Waals surface area contributed by atoms with E-state index in [2.05, 4.69) is 173 Å². The molecule has 0 radical (unpaired) electrons. The Labute approximate surface area is 339 Å². The lowest BCUT2D eigenvalue weighted by Crippen LogP contribution is -2.26. The second kappa shape index (κ2) is 11.9. The van der Waals surface area contributed by atoms with Gasteiger partial charge in [-0.25, -0.2) is 4.39 Å². The number of rotatable bonds is 4. The molecule has 0 amide bonds. The number of para-hydroxylation sites is 2. The van der Waals surface area contributed by atoms with Gasteiger partial charge in [0.15, 0.2) is 0 Å². The average Bonchev–Trinajstić information content (AvgIpc) is 4.00. The molecule has 11 aromatic rings. The van der Waals surface area contributed by atoms with Gasteiger partial charge in [0.2, 0.25) is 0 Å². The summed E-state index contributed by atoms with van der Waals surface area (Å²) in [7, 11) is 0. The minimum Gasteiger partial charge on any atom is -0.456 e. The Bertz CT molecular complexity index is 3470. The highest BCUT2D eigenvalue weighted by molar-refractivity contribution is 6.11. The van der Waals surface area contributed by atoms with Crippen molar-refractivity contribution in [2.75, 3.05) is 4.90 Å². The number of fused-ring (bicyclic) bond motifs is 16. The Morgan fingerprint density at radius 3 is 1.64 bits per heavy atom. The molecule has 3 nitrogen and oxygen atoms in total. The maximum absolute atomic E-state index is 14.2. The summed E-state index contributed by atoms with van der Waals surface area (Å²) in [5.41, 5.74) is 17.6. The van der Waals surface area contributed by atoms with Gasteiger partial charge in [-0.2, -0.15) is 0 Å². The molecule has 59 heavy (non-hydrogen) atoms. The first kappa shape index (κ1) is 32.4. The summed E-state index contributed by atoms with van der Waals surface area (Å²) in [4.78, 5) is 2.37. The van der Waals surface area contributed by atoms with Crippen molar-refractivity contribution in [3.05, 3.63) is 228 Å². The van der Waals surface area contributed by atoms with Crippen molar-refractivity contribution in [1.82, 2.24) is 4.57 Å². The molecule has 2 heterocycles. The van der Waals surface area contributed by atoms with Crippen LogP contribution in [0.5, 0.6) is 0 Å². The second-order valence-corrected chi connectivity index (χ2v) is 15.8. The zero-order valence-corrected chi connectivity index (χ0v) is 31.7. The van der Waals surface area contributed by atoms with Crippen molar-refractivity contribution >= 4 is 60.8 Å². The molecule has 1 spiro atoms. The first-order chi connectivity index (χ1) is 29.2. The highest BCUT2D eigenvalue weighted by atomic mass is 19.1. The van der Waals surface area contributed by atoms with E-state index in [0.717, 1.165) is 66.5 Å². The quantitative estimate of drug-likeness (QED) is 0.178. The van der Waals surface area contributed by atoms with Gasteiger partial charge in [-0.1, -0.05) is 115 Å². The van der Waals surface area contributed by atoms with E-state index in [1.54, 1.807) is 0 Å². The molecular formula is C55H33FN2O. The highest BCUT2D eigenvalue weighted by Gasteiger charge is 2.51. The third-order valence-corrected chi connectivity index (χ3v) is 12.9. The van der Waals surface area contributed by atoms with E-state index in [4.69, 9.17) is 4.42 Å². The molecule has 9 aromatic carbocycles. The summed E-state index contributed by atoms with van der Waals surface area (Å²) in [6.07, 6.45) is 0. The number of hydrogen-bond donors (Lipinski definition) is 0. The van der Waals surface area contributed by atoms with Gasteiger partial charge in [0.1, 0.15) is 17.0 Å². The molecule has 276 valence electrons. The Morgan fingerprint density at radius 1 is 0.390 bits per heavy atom. The van der Waals surface area contributed by atoms with Crippen molar-refractivity contribution in [3.63, 3.8) is 0 Å². The Kier molecular flexibility index (Phi) is 6.55. The smallest absolute Gasteiger partial charge is 0.137 e. The zero-order chi connectivity index (χ0) is 38.8. The molecule has 0 saturated carbocycles. The number of benzene rings is 9. The van der Waals surface area contributed by atoms with Gasteiger partial charge in [0.05, 0.1) is 16.4 Å². The van der Waals surface area contributed by atoms with Crippen molar-refractivity contribution in [1.29, 1.82) is 0 Å². The molecule has 0 N–H and O–H groups in total. The molecule has 2 aliphatic carbocycles. The maximum Gasteiger partial charge on any atom is 0.137 e. The number of anilines is 3. The van der Waals surface area contributed by atoms with Crippen LogP contribution in [0.1, 0.15) is 22.3 Å². The summed E-state index contributed by atoms with van der Waals surface area (Å²) in [6.45, 7) is 0. The van der Waals surface area contributed by atoms with Crippen LogP contribution in [0, 0.1) is 5.82 Å². The second-order valence-electron chi connectivity index (χ2n) is 15.8. The number of aromatic nitrogens is 1. The van der Waals surface area contributed by atoms with Crippen molar-refractivity contribution in [2.45, 2.75) is 5.41 Å². The lowest BCUT2D eigenvalue weighted by atomic mass is 9.70. The van der Waals surface area contributed by atoms with Gasteiger partial charge in [0, 0.05) is 50.4 Å². The van der Waals surface area contributed by atoms with Gasteiger partial charge >= 0.3 is 0 Å². The molecule has 0 saturated heterocycles. The van der Waals surface area contributed by atoms with Crippen LogP contribution in [-0.2, 0) is 5.41 Å². The van der Waals surface area contributed by atoms with Crippen molar-refractivity contribution < 1.29 is 8.81 Å². The minimum atomic E-state index is -0.476. The fraction of sp³-hybridized carbons (Fsp3) is 0.0182. The molecule has 0 aliphatic heterocycles. The van der Waals surface area contributed by atoms with Crippen molar-refractivity contribution in [2.24, 2.45) is 0 Å². The van der Waals surface area contributed by atoms with Crippen LogP contribution < -0.4 is 4.90 Å². The fourth-order valence-electron chi connectivity index (χ4n) is 10.5. The molecule has 0 fully saturated rings. The van der Waals surface area contributed by atoms with Crippen LogP contribution in [0.4, 0.5) is 21.5 Å². The first-order valence-electron chi connectivity index (χ1n) is 20.1. The van der Waals surface area contributed by atoms with E-state index >= 15 is 0 Å². The van der Waals surface area contributed by atoms with E-state index in [0.29, 0.717) is 0 Å². The topological polar surface area (TPSA) is 21.3 Å². The third kappa shape index (κ3) is 4.35. The van der Waals surface area contributed by atoms with Crippen LogP contribution in [0.25, 0.3) is 71.7 Å². The summed E-state index contributed by atoms with van der Waals surface area (Å²) < 4.78 is 22.9. The third-order valence-electron chi connectivity index (χ3n) is 12.9. The van der Waals surface area contributed by atoms with Crippen LogP contribution in [0.2, 0.25) is 0 Å². The van der Waals surface area contributed by atoms with E-state index in [1.165, 1.54) is 56.6 Å². The zero-order valence-electron chi connectivity index (χ0n) is 31.7. The molecule has 2 aliphatic rings. The number of furan rings is 1. The largest absolute Gasteiger partial charge is 0.456 e. The summed E-state index contributed by atoms with van der Waals surface area (Å²) in [6, 6.07) is 70.6. The van der Waals surface area contributed by atoms with E-state index in [1.807, 2.05) is 24.3 Å². The normalized spacial score (nSPS) is 13.3.